The van der Waals surface area contributed by atoms with Crippen molar-refractivity contribution in [3.05, 3.63) is 0 Å². The lowest BCUT2D eigenvalue weighted by Crippen LogP contribution is -2.32. The average Bonchev–Trinajstić information content (AvgIpc) is 2.43. The summed E-state index contributed by atoms with van der Waals surface area (Å²) in [5.41, 5.74) is 10.7. The molecule has 0 unspecified atom stereocenters. The first-order valence-electron chi connectivity index (χ1n) is 6.65. The molecule has 0 saturated carbocycles. The second-order valence-electron chi connectivity index (χ2n) is 4.36. The molecule has 0 saturated heterocycles. The van der Waals surface area contributed by atoms with Gasteiger partial charge >= 0.3 is 11.9 Å². The minimum Gasteiger partial charge on any atom is -0.480 e. The van der Waals surface area contributed by atoms with Crippen molar-refractivity contribution in [3.8, 4) is 0 Å². The molecule has 0 fully saturated rings. The van der Waals surface area contributed by atoms with Gasteiger partial charge in [0.25, 0.3) is 0 Å². The van der Waals surface area contributed by atoms with Crippen molar-refractivity contribution in [2.24, 2.45) is 11.5 Å². The molecule has 2 atom stereocenters. The maximum absolute atomic E-state index is 10.5. The van der Waals surface area contributed by atoms with Gasteiger partial charge in [0.05, 0.1) is 0 Å². The molecule has 0 amide bonds. The fourth-order valence-corrected chi connectivity index (χ4v) is 2.96. The fraction of sp³-hybridized carbons (Fsp3) is 0.833. The summed E-state index contributed by atoms with van der Waals surface area (Å²) < 4.78 is 5.42. The highest BCUT2D eigenvalue weighted by Gasteiger charge is 2.11. The molecule has 0 aromatic heterocycles. The van der Waals surface area contributed by atoms with E-state index in [1.165, 1.54) is 23.5 Å². The number of carbonyl (C=O) groups is 2. The Labute approximate surface area is 133 Å². The summed E-state index contributed by atoms with van der Waals surface area (Å²) in [5, 5.41) is 17.2. The smallest absolute Gasteiger partial charge is 0.321 e. The van der Waals surface area contributed by atoms with E-state index in [1.807, 2.05) is 0 Å². The van der Waals surface area contributed by atoms with Crippen molar-refractivity contribution in [1.82, 2.24) is 0 Å². The standard InChI is InChI=1S/C12H24N2O5S2/c13-9(11(15)16)7-20-5-1-3-19-4-2-6-21-8-10(14)12(17)18/h9-10H,1-8,13-14H2,(H,15,16)(H,17,18)/t9-,10-/m0/s1. The van der Waals surface area contributed by atoms with Crippen molar-refractivity contribution in [2.45, 2.75) is 24.9 Å². The van der Waals surface area contributed by atoms with Crippen LogP contribution in [0.5, 0.6) is 0 Å². The molecule has 7 nitrogen and oxygen atoms in total. The number of carboxylic acid groups (broad SMARTS) is 2. The summed E-state index contributed by atoms with van der Waals surface area (Å²) in [7, 11) is 0. The summed E-state index contributed by atoms with van der Waals surface area (Å²) in [6.07, 6.45) is 1.71. The van der Waals surface area contributed by atoms with Gasteiger partial charge in [-0.25, -0.2) is 0 Å². The Morgan fingerprint density at radius 1 is 0.905 bits per heavy atom. The van der Waals surface area contributed by atoms with E-state index in [1.54, 1.807) is 0 Å². The molecule has 0 aliphatic heterocycles. The Hall–Kier alpha value is -0.480. The minimum absolute atomic E-state index is 0.413. The van der Waals surface area contributed by atoms with E-state index in [4.69, 9.17) is 26.4 Å². The monoisotopic (exact) mass is 340 g/mol. The molecule has 0 radical (unpaired) electrons. The highest BCUT2D eigenvalue weighted by Crippen LogP contribution is 2.06. The van der Waals surface area contributed by atoms with E-state index < -0.39 is 24.0 Å². The van der Waals surface area contributed by atoms with Crippen molar-refractivity contribution in [2.75, 3.05) is 36.2 Å². The first-order valence-corrected chi connectivity index (χ1v) is 8.96. The molecule has 0 aromatic carbocycles. The normalized spacial score (nSPS) is 13.8. The first kappa shape index (κ1) is 20.5. The molecule has 0 heterocycles. The maximum Gasteiger partial charge on any atom is 0.321 e. The summed E-state index contributed by atoms with van der Waals surface area (Å²) in [6, 6.07) is -1.60. The summed E-state index contributed by atoms with van der Waals surface area (Å²) in [6.45, 7) is 1.27. The van der Waals surface area contributed by atoms with Crippen LogP contribution in [-0.4, -0.2) is 70.5 Å². The van der Waals surface area contributed by atoms with Gasteiger partial charge in [-0.1, -0.05) is 0 Å². The molecule has 9 heteroatoms. The molecule has 6 N–H and O–H groups in total. The van der Waals surface area contributed by atoms with E-state index in [0.29, 0.717) is 24.7 Å². The Morgan fingerprint density at radius 2 is 1.29 bits per heavy atom. The molecular formula is C12H24N2O5S2. The second kappa shape index (κ2) is 13.2. The Bertz CT molecular complexity index is 279. The molecule has 0 rings (SSSR count). The molecule has 0 bridgehead atoms. The van der Waals surface area contributed by atoms with Crippen LogP contribution in [0, 0.1) is 0 Å². The lowest BCUT2D eigenvalue weighted by atomic mass is 10.4. The lowest BCUT2D eigenvalue weighted by Gasteiger charge is -2.07. The van der Waals surface area contributed by atoms with Crippen LogP contribution in [0.3, 0.4) is 0 Å². The van der Waals surface area contributed by atoms with Crippen molar-refractivity contribution in [1.29, 1.82) is 0 Å². The Morgan fingerprint density at radius 3 is 1.62 bits per heavy atom. The average molecular weight is 340 g/mol. The topological polar surface area (TPSA) is 136 Å². The van der Waals surface area contributed by atoms with E-state index >= 15 is 0 Å². The van der Waals surface area contributed by atoms with E-state index in [0.717, 1.165) is 24.3 Å². The van der Waals surface area contributed by atoms with Gasteiger partial charge in [0.1, 0.15) is 12.1 Å². The van der Waals surface area contributed by atoms with Gasteiger partial charge in [0.2, 0.25) is 0 Å². The molecule has 0 aliphatic rings. The molecule has 0 aromatic rings. The largest absolute Gasteiger partial charge is 0.480 e. The van der Waals surface area contributed by atoms with E-state index in [9.17, 15) is 9.59 Å². The Kier molecular flexibility index (Phi) is 12.9. The number of hydrogen-bond acceptors (Lipinski definition) is 7. The summed E-state index contributed by atoms with van der Waals surface area (Å²) in [5.74, 6) is 0.524. The van der Waals surface area contributed by atoms with E-state index in [2.05, 4.69) is 0 Å². The predicted molar refractivity (Wildman–Crippen MR) is 85.9 cm³/mol. The quantitative estimate of drug-likeness (QED) is 0.324. The Balaban J connectivity index is 3.19. The predicted octanol–water partition coefficient (Wildman–Crippen LogP) is 0.0734. The number of carboxylic acids is 2. The van der Waals surface area contributed by atoms with E-state index in [-0.39, 0.29) is 0 Å². The van der Waals surface area contributed by atoms with Gasteiger partial charge < -0.3 is 26.4 Å². The SMILES string of the molecule is N[C@@H](CSCCCOCCCSC[C@H](N)C(=O)O)C(=O)O. The van der Waals surface area contributed by atoms with Crippen LogP contribution in [-0.2, 0) is 14.3 Å². The van der Waals surface area contributed by atoms with Gasteiger partial charge in [-0.05, 0) is 24.3 Å². The van der Waals surface area contributed by atoms with Crippen LogP contribution < -0.4 is 11.5 Å². The number of aliphatic carboxylic acids is 2. The highest BCUT2D eigenvalue weighted by atomic mass is 32.2. The van der Waals surface area contributed by atoms with Crippen molar-refractivity contribution in [3.63, 3.8) is 0 Å². The summed E-state index contributed by atoms with van der Waals surface area (Å²) in [4.78, 5) is 20.9. The number of ether oxygens (including phenoxy) is 1. The second-order valence-corrected chi connectivity index (χ2v) is 6.66. The summed E-state index contributed by atoms with van der Waals surface area (Å²) >= 11 is 3.02. The zero-order chi connectivity index (χ0) is 16.1. The van der Waals surface area contributed by atoms with Gasteiger partial charge in [-0.2, -0.15) is 23.5 Å². The third-order valence-electron chi connectivity index (χ3n) is 2.38. The van der Waals surface area contributed by atoms with Gasteiger partial charge in [0, 0.05) is 24.7 Å². The molecular weight excluding hydrogens is 316 g/mol. The maximum atomic E-state index is 10.5. The molecule has 0 spiro atoms. The molecule has 0 aliphatic carbocycles. The molecule has 124 valence electrons. The first-order chi connectivity index (χ1) is 9.95. The van der Waals surface area contributed by atoms with Gasteiger partial charge in [-0.15, -0.1) is 0 Å². The van der Waals surface area contributed by atoms with Crippen LogP contribution in [0.2, 0.25) is 0 Å². The number of thioether (sulfide) groups is 2. The number of nitrogens with two attached hydrogens (primary N) is 2. The molecule has 21 heavy (non-hydrogen) atoms. The highest BCUT2D eigenvalue weighted by molar-refractivity contribution is 7.99. The van der Waals surface area contributed by atoms with Crippen LogP contribution in [0.15, 0.2) is 0 Å². The number of rotatable bonds is 14. The zero-order valence-corrected chi connectivity index (χ0v) is 13.5. The fourth-order valence-electron chi connectivity index (χ4n) is 1.19. The third-order valence-corrected chi connectivity index (χ3v) is 4.73. The van der Waals surface area contributed by atoms with Crippen LogP contribution in [0.25, 0.3) is 0 Å². The van der Waals surface area contributed by atoms with Crippen LogP contribution in [0.4, 0.5) is 0 Å². The van der Waals surface area contributed by atoms with Gasteiger partial charge in [0.15, 0.2) is 0 Å². The zero-order valence-electron chi connectivity index (χ0n) is 11.9. The van der Waals surface area contributed by atoms with Crippen LogP contribution in [0.1, 0.15) is 12.8 Å². The van der Waals surface area contributed by atoms with Crippen molar-refractivity contribution < 1.29 is 24.5 Å². The minimum atomic E-state index is -0.973. The van der Waals surface area contributed by atoms with Crippen molar-refractivity contribution >= 4 is 35.5 Å². The van der Waals surface area contributed by atoms with Crippen LogP contribution >= 0.6 is 23.5 Å². The third kappa shape index (κ3) is 12.9. The number of hydrogen-bond donors (Lipinski definition) is 4. The van der Waals surface area contributed by atoms with Gasteiger partial charge in [-0.3, -0.25) is 9.59 Å². The lowest BCUT2D eigenvalue weighted by molar-refractivity contribution is -0.138.